The number of carbonyl (C=O) groups excluding carboxylic acids is 1. The molecule has 132 valence electrons. The van der Waals surface area contributed by atoms with E-state index < -0.39 is 51.9 Å². The van der Waals surface area contributed by atoms with Crippen LogP contribution in [-0.4, -0.2) is 75.0 Å². The SMILES string of the molecule is CS(=O)(=O)c1nn2ccn([C@@H]3O[C@H](CO)[C@@H](O)[C@H]3O)c2c1C(N)=O. The van der Waals surface area contributed by atoms with Gasteiger partial charge in [0.15, 0.2) is 26.7 Å². The van der Waals surface area contributed by atoms with Gasteiger partial charge in [-0.3, -0.25) is 4.79 Å². The minimum Gasteiger partial charge on any atom is -0.394 e. The first-order valence-electron chi connectivity index (χ1n) is 6.88. The van der Waals surface area contributed by atoms with Gasteiger partial charge in [0.2, 0.25) is 0 Å². The van der Waals surface area contributed by atoms with Crippen LogP contribution in [0.2, 0.25) is 0 Å². The van der Waals surface area contributed by atoms with E-state index in [2.05, 4.69) is 5.10 Å². The number of sulfone groups is 1. The zero-order chi connectivity index (χ0) is 17.8. The second-order valence-electron chi connectivity index (χ2n) is 5.52. The molecular formula is C12H16N4O7S. The predicted molar refractivity (Wildman–Crippen MR) is 77.8 cm³/mol. The van der Waals surface area contributed by atoms with E-state index in [-0.39, 0.29) is 11.2 Å². The second kappa shape index (κ2) is 5.53. The van der Waals surface area contributed by atoms with Gasteiger partial charge in [0.05, 0.1) is 6.61 Å². The van der Waals surface area contributed by atoms with Crippen LogP contribution in [0.15, 0.2) is 17.4 Å². The van der Waals surface area contributed by atoms with Crippen LogP contribution in [-0.2, 0) is 14.6 Å². The maximum Gasteiger partial charge on any atom is 0.255 e. The molecule has 5 N–H and O–H groups in total. The molecule has 4 atom stereocenters. The van der Waals surface area contributed by atoms with E-state index in [1.54, 1.807) is 0 Å². The quantitative estimate of drug-likeness (QED) is 0.455. The number of ether oxygens (including phenoxy) is 1. The van der Waals surface area contributed by atoms with Gasteiger partial charge in [0.1, 0.15) is 23.9 Å². The minimum atomic E-state index is -3.83. The number of rotatable bonds is 4. The zero-order valence-corrected chi connectivity index (χ0v) is 13.3. The van der Waals surface area contributed by atoms with Gasteiger partial charge >= 0.3 is 0 Å². The summed E-state index contributed by atoms with van der Waals surface area (Å²) in [4.78, 5) is 11.8. The van der Waals surface area contributed by atoms with E-state index in [9.17, 15) is 23.4 Å². The number of aliphatic hydroxyl groups excluding tert-OH is 3. The first-order valence-corrected chi connectivity index (χ1v) is 8.77. The molecule has 2 aromatic rings. The van der Waals surface area contributed by atoms with Crippen LogP contribution in [0.4, 0.5) is 0 Å². The van der Waals surface area contributed by atoms with Gasteiger partial charge in [-0.05, 0) is 0 Å². The standard InChI is InChI=1S/C12H16N4O7S/c1-24(21,22)10-6(9(13)20)11-15(2-3-16(11)14-10)12-8(19)7(18)5(4-17)23-12/h2-3,5,7-8,12,17-19H,4H2,1H3,(H2,13,20)/t5-,7-,8-,12-/m1/s1. The molecule has 3 heterocycles. The summed E-state index contributed by atoms with van der Waals surface area (Å²) in [6.45, 7) is -0.525. The van der Waals surface area contributed by atoms with E-state index in [0.717, 1.165) is 10.8 Å². The maximum absolute atomic E-state index is 11.8. The average molecular weight is 360 g/mol. The highest BCUT2D eigenvalue weighted by Gasteiger charge is 2.44. The van der Waals surface area contributed by atoms with Crippen molar-refractivity contribution in [3.05, 3.63) is 18.0 Å². The summed E-state index contributed by atoms with van der Waals surface area (Å²) >= 11 is 0. The fourth-order valence-electron chi connectivity index (χ4n) is 2.75. The number of amides is 1. The van der Waals surface area contributed by atoms with E-state index >= 15 is 0 Å². The zero-order valence-electron chi connectivity index (χ0n) is 12.5. The van der Waals surface area contributed by atoms with Gasteiger partial charge in [0.25, 0.3) is 5.91 Å². The number of hydrogen-bond donors (Lipinski definition) is 4. The fraction of sp³-hybridized carbons (Fsp3) is 0.500. The number of fused-ring (bicyclic) bond motifs is 1. The lowest BCUT2D eigenvalue weighted by molar-refractivity contribution is -0.0508. The Morgan fingerprint density at radius 2 is 2.04 bits per heavy atom. The molecule has 1 saturated heterocycles. The minimum absolute atomic E-state index is 0.00207. The topological polar surface area (TPSA) is 169 Å². The van der Waals surface area contributed by atoms with Crippen molar-refractivity contribution >= 4 is 21.4 Å². The third-order valence-electron chi connectivity index (χ3n) is 3.86. The first kappa shape index (κ1) is 16.9. The van der Waals surface area contributed by atoms with Crippen molar-refractivity contribution < 1.29 is 33.3 Å². The lowest BCUT2D eigenvalue weighted by Crippen LogP contribution is -2.33. The molecule has 0 saturated carbocycles. The Balaban J connectivity index is 2.21. The summed E-state index contributed by atoms with van der Waals surface area (Å²) in [5, 5.41) is 32.5. The highest BCUT2D eigenvalue weighted by atomic mass is 32.2. The van der Waals surface area contributed by atoms with Crippen LogP contribution in [0.25, 0.3) is 5.65 Å². The molecule has 1 aliphatic heterocycles. The van der Waals surface area contributed by atoms with Crippen LogP contribution in [0.3, 0.4) is 0 Å². The molecule has 1 amide bonds. The molecule has 2 aromatic heterocycles. The Labute approximate surface area is 135 Å². The van der Waals surface area contributed by atoms with Gasteiger partial charge in [-0.2, -0.15) is 5.10 Å². The number of aromatic nitrogens is 3. The molecule has 11 nitrogen and oxygen atoms in total. The van der Waals surface area contributed by atoms with Crippen molar-refractivity contribution in [2.45, 2.75) is 29.6 Å². The van der Waals surface area contributed by atoms with Gasteiger partial charge in [-0.1, -0.05) is 0 Å². The Hall–Kier alpha value is -1.99. The predicted octanol–water partition coefficient (Wildman–Crippen LogP) is -2.75. The number of hydrogen-bond acceptors (Lipinski definition) is 8. The summed E-state index contributed by atoms with van der Waals surface area (Å²) in [7, 11) is -3.83. The van der Waals surface area contributed by atoms with Crippen molar-refractivity contribution in [3.8, 4) is 0 Å². The van der Waals surface area contributed by atoms with Crippen molar-refractivity contribution in [1.82, 2.24) is 14.2 Å². The Morgan fingerprint density at radius 1 is 1.38 bits per heavy atom. The number of aliphatic hydroxyl groups is 3. The van der Waals surface area contributed by atoms with Crippen LogP contribution in [0.1, 0.15) is 16.6 Å². The second-order valence-corrected chi connectivity index (χ2v) is 7.45. The summed E-state index contributed by atoms with van der Waals surface area (Å²) in [6.07, 6.45) is -1.31. The lowest BCUT2D eigenvalue weighted by atomic mass is 10.1. The van der Waals surface area contributed by atoms with E-state index in [1.807, 2.05) is 0 Å². The summed E-state index contributed by atoms with van der Waals surface area (Å²) in [6, 6.07) is 0. The van der Waals surface area contributed by atoms with E-state index in [0.29, 0.717) is 0 Å². The number of imidazole rings is 1. The third kappa shape index (κ3) is 2.39. The highest BCUT2D eigenvalue weighted by molar-refractivity contribution is 7.90. The van der Waals surface area contributed by atoms with Crippen LogP contribution < -0.4 is 5.73 Å². The Morgan fingerprint density at radius 3 is 2.54 bits per heavy atom. The number of nitrogens with zero attached hydrogens (tertiary/aromatic N) is 3. The fourth-order valence-corrected chi connectivity index (χ4v) is 3.55. The van der Waals surface area contributed by atoms with Crippen LogP contribution in [0.5, 0.6) is 0 Å². The maximum atomic E-state index is 11.8. The number of carbonyl (C=O) groups is 1. The molecule has 12 heteroatoms. The largest absolute Gasteiger partial charge is 0.394 e. The average Bonchev–Trinajstić information content (AvgIpc) is 3.12. The highest BCUT2D eigenvalue weighted by Crippen LogP contribution is 2.32. The molecule has 0 radical (unpaired) electrons. The smallest absolute Gasteiger partial charge is 0.255 e. The van der Waals surface area contributed by atoms with Crippen molar-refractivity contribution in [2.75, 3.05) is 12.9 Å². The van der Waals surface area contributed by atoms with Crippen molar-refractivity contribution in [2.24, 2.45) is 5.73 Å². The molecule has 3 rings (SSSR count). The number of primary amides is 1. The molecule has 0 spiro atoms. The third-order valence-corrected chi connectivity index (χ3v) is 4.84. The molecule has 1 fully saturated rings. The lowest BCUT2D eigenvalue weighted by Gasteiger charge is -2.17. The van der Waals surface area contributed by atoms with Crippen LogP contribution in [0, 0.1) is 0 Å². The van der Waals surface area contributed by atoms with Gasteiger partial charge in [-0.25, -0.2) is 12.9 Å². The van der Waals surface area contributed by atoms with Gasteiger partial charge < -0.3 is 30.4 Å². The molecular weight excluding hydrogens is 344 g/mol. The molecule has 24 heavy (non-hydrogen) atoms. The summed E-state index contributed by atoms with van der Waals surface area (Å²) < 4.78 is 31.4. The van der Waals surface area contributed by atoms with Crippen LogP contribution >= 0.6 is 0 Å². The molecule has 0 aromatic carbocycles. The monoisotopic (exact) mass is 360 g/mol. The normalized spacial score (nSPS) is 27.8. The molecule has 0 aliphatic carbocycles. The van der Waals surface area contributed by atoms with Crippen molar-refractivity contribution in [1.29, 1.82) is 0 Å². The van der Waals surface area contributed by atoms with E-state index in [1.165, 1.54) is 17.0 Å². The summed E-state index contributed by atoms with van der Waals surface area (Å²) in [5.41, 5.74) is 4.95. The molecule has 0 bridgehead atoms. The summed E-state index contributed by atoms with van der Waals surface area (Å²) in [5.74, 6) is -1.02. The Bertz CT molecular complexity index is 902. The van der Waals surface area contributed by atoms with Crippen molar-refractivity contribution in [3.63, 3.8) is 0 Å². The van der Waals surface area contributed by atoms with Gasteiger partial charge in [-0.15, -0.1) is 0 Å². The van der Waals surface area contributed by atoms with Gasteiger partial charge in [0, 0.05) is 18.6 Å². The first-order chi connectivity index (χ1) is 11.2. The van der Waals surface area contributed by atoms with E-state index in [4.69, 9.17) is 15.6 Å². The number of nitrogens with two attached hydrogens (primary N) is 1. The Kier molecular flexibility index (Phi) is 3.88. The molecule has 1 aliphatic rings. The molecule has 0 unspecified atom stereocenters.